The number of amides is 1. The van der Waals surface area contributed by atoms with Crippen LogP contribution < -0.4 is 5.32 Å². The summed E-state index contributed by atoms with van der Waals surface area (Å²) in [6.45, 7) is 12.1. The van der Waals surface area contributed by atoms with Gasteiger partial charge in [0, 0.05) is 51.6 Å². The second kappa shape index (κ2) is 11.8. The van der Waals surface area contributed by atoms with Crippen molar-refractivity contribution in [2.75, 3.05) is 25.0 Å². The van der Waals surface area contributed by atoms with Gasteiger partial charge in [0.2, 0.25) is 0 Å². The molecular formula is C27H37BrN4O3Si. The lowest BCUT2D eigenvalue weighted by Gasteiger charge is -2.36. The number of nitrogens with one attached hydrogen (secondary N) is 1. The van der Waals surface area contributed by atoms with Gasteiger partial charge in [0.1, 0.15) is 19.0 Å². The molecule has 194 valence electrons. The molecule has 3 aromatic rings. The van der Waals surface area contributed by atoms with Crippen LogP contribution in [0.4, 0.5) is 10.5 Å². The van der Waals surface area contributed by atoms with Crippen molar-refractivity contribution in [3.8, 4) is 0 Å². The Balaban J connectivity index is 1.41. The van der Waals surface area contributed by atoms with Crippen LogP contribution in [0, 0.1) is 5.92 Å². The number of hydrogen-bond donors (Lipinski definition) is 1. The zero-order valence-corrected chi connectivity index (χ0v) is 24.3. The number of piperidine rings is 1. The smallest absolute Gasteiger partial charge is 0.410 e. The number of nitrogens with zero attached hydrogens (tertiary/aromatic N) is 3. The molecule has 9 heteroatoms. The highest BCUT2D eigenvalue weighted by Gasteiger charge is 2.29. The van der Waals surface area contributed by atoms with Crippen LogP contribution in [0.5, 0.6) is 0 Å². The fraction of sp³-hybridized carbons (Fsp3) is 0.481. The summed E-state index contributed by atoms with van der Waals surface area (Å²) < 4.78 is 14.5. The molecule has 1 aliphatic rings. The molecule has 1 saturated heterocycles. The first kappa shape index (κ1) is 26.7. The lowest BCUT2D eigenvalue weighted by molar-refractivity contribution is 0.0784. The van der Waals surface area contributed by atoms with Crippen molar-refractivity contribution in [2.24, 2.45) is 5.92 Å². The number of likely N-dealkylation sites (tertiary alicyclic amines) is 1. The van der Waals surface area contributed by atoms with Crippen molar-refractivity contribution >= 4 is 46.8 Å². The summed E-state index contributed by atoms with van der Waals surface area (Å²) in [7, 11) is -1.12. The van der Waals surface area contributed by atoms with E-state index < -0.39 is 8.07 Å². The highest BCUT2D eigenvalue weighted by atomic mass is 79.9. The topological polar surface area (TPSA) is 68.6 Å². The molecule has 1 amide bonds. The molecule has 1 N–H and O–H groups in total. The van der Waals surface area contributed by atoms with Gasteiger partial charge in [0.05, 0.1) is 10.2 Å². The number of hydrogen-bond acceptors (Lipinski definition) is 5. The molecule has 0 radical (unpaired) electrons. The van der Waals surface area contributed by atoms with Crippen LogP contribution in [0.15, 0.2) is 53.3 Å². The van der Waals surface area contributed by atoms with E-state index in [1.54, 1.807) is 0 Å². The molecule has 2 aromatic heterocycles. The Labute approximate surface area is 223 Å². The van der Waals surface area contributed by atoms with Crippen LogP contribution in [0.1, 0.15) is 18.9 Å². The maximum atomic E-state index is 12.8. The Morgan fingerprint density at radius 2 is 1.97 bits per heavy atom. The minimum atomic E-state index is -1.12. The number of ether oxygens (including phenoxy) is 2. The van der Waals surface area contributed by atoms with E-state index in [0.29, 0.717) is 25.7 Å². The number of fused-ring (bicyclic) bond motifs is 1. The van der Waals surface area contributed by atoms with Gasteiger partial charge in [-0.1, -0.05) is 56.9 Å². The fourth-order valence-corrected chi connectivity index (χ4v) is 5.71. The number of aromatic nitrogens is 2. The minimum absolute atomic E-state index is 0.108. The van der Waals surface area contributed by atoms with Crippen LogP contribution in [0.25, 0.3) is 11.0 Å². The van der Waals surface area contributed by atoms with E-state index in [1.165, 1.54) is 0 Å². The molecule has 4 rings (SSSR count). The third kappa shape index (κ3) is 7.11. The van der Waals surface area contributed by atoms with Crippen molar-refractivity contribution in [1.82, 2.24) is 14.5 Å². The van der Waals surface area contributed by atoms with Crippen molar-refractivity contribution in [3.05, 3.63) is 58.8 Å². The van der Waals surface area contributed by atoms with Gasteiger partial charge in [-0.05, 0) is 45.9 Å². The normalized spacial score (nSPS) is 18.4. The molecule has 1 fully saturated rings. The summed E-state index contributed by atoms with van der Waals surface area (Å²) >= 11 is 3.68. The maximum Gasteiger partial charge on any atom is 0.410 e. The molecule has 0 bridgehead atoms. The average molecular weight is 574 g/mol. The summed E-state index contributed by atoms with van der Waals surface area (Å²) in [6, 6.07) is 13.1. The van der Waals surface area contributed by atoms with Crippen molar-refractivity contribution in [3.63, 3.8) is 0 Å². The fourth-order valence-electron chi connectivity index (χ4n) is 4.53. The van der Waals surface area contributed by atoms with Crippen LogP contribution in [-0.2, 0) is 22.8 Å². The number of carbonyl (C=O) groups excluding carboxylic acids is 1. The Kier molecular flexibility index (Phi) is 8.74. The number of halogens is 1. The van der Waals surface area contributed by atoms with Crippen LogP contribution in [0.2, 0.25) is 25.7 Å². The monoisotopic (exact) mass is 572 g/mol. The Bertz CT molecular complexity index is 1170. The molecular weight excluding hydrogens is 536 g/mol. The standard InChI is InChI=1S/C27H37BrN4O3Si/c1-20-14-22(17-32(16-20)27(33)35-18-21-8-6-5-7-9-21)30-25-23-10-11-31(26(23)29-15-24(25)28)19-34-12-13-36(2,3)4/h5-11,15,20,22H,12-14,16-19H2,1-4H3,(H,29,30)/t20-,22+/m0/s1. The lowest BCUT2D eigenvalue weighted by Crippen LogP contribution is -2.48. The first-order valence-corrected chi connectivity index (χ1v) is 17.1. The minimum Gasteiger partial charge on any atom is -0.445 e. The molecule has 36 heavy (non-hydrogen) atoms. The molecule has 0 unspecified atom stereocenters. The number of rotatable bonds is 9. The highest BCUT2D eigenvalue weighted by molar-refractivity contribution is 9.10. The molecule has 2 atom stereocenters. The van der Waals surface area contributed by atoms with E-state index in [-0.39, 0.29) is 18.7 Å². The molecule has 0 spiro atoms. The Morgan fingerprint density at radius 1 is 1.19 bits per heavy atom. The molecule has 7 nitrogen and oxygen atoms in total. The zero-order valence-electron chi connectivity index (χ0n) is 21.7. The number of pyridine rings is 1. The van der Waals surface area contributed by atoms with Crippen LogP contribution in [-0.4, -0.2) is 54.4 Å². The second-order valence-corrected chi connectivity index (χ2v) is 17.5. The molecule has 1 aliphatic heterocycles. The Hall–Kier alpha value is -2.36. The summed E-state index contributed by atoms with van der Waals surface area (Å²) in [5, 5.41) is 4.73. The summed E-state index contributed by atoms with van der Waals surface area (Å²) in [5.41, 5.74) is 2.87. The van der Waals surface area contributed by atoms with Crippen molar-refractivity contribution < 1.29 is 14.3 Å². The van der Waals surface area contributed by atoms with Gasteiger partial charge in [-0.3, -0.25) is 0 Å². The predicted molar refractivity (Wildman–Crippen MR) is 151 cm³/mol. The first-order valence-electron chi connectivity index (χ1n) is 12.6. The quantitative estimate of drug-likeness (QED) is 0.232. The van der Waals surface area contributed by atoms with Gasteiger partial charge in [-0.25, -0.2) is 9.78 Å². The van der Waals surface area contributed by atoms with Crippen molar-refractivity contribution in [1.29, 1.82) is 0 Å². The van der Waals surface area contributed by atoms with Gasteiger partial charge >= 0.3 is 6.09 Å². The highest BCUT2D eigenvalue weighted by Crippen LogP contribution is 2.33. The van der Waals surface area contributed by atoms with E-state index in [4.69, 9.17) is 9.47 Å². The summed E-state index contributed by atoms with van der Waals surface area (Å²) in [4.78, 5) is 19.3. The molecule has 1 aromatic carbocycles. The summed E-state index contributed by atoms with van der Waals surface area (Å²) in [5.74, 6) is 0.362. The van der Waals surface area contributed by atoms with E-state index in [1.807, 2.05) is 52.2 Å². The van der Waals surface area contributed by atoms with Crippen LogP contribution in [0.3, 0.4) is 0 Å². The number of carbonyl (C=O) groups is 1. The average Bonchev–Trinajstić information content (AvgIpc) is 3.25. The van der Waals surface area contributed by atoms with E-state index in [9.17, 15) is 4.79 Å². The molecule has 0 saturated carbocycles. The van der Waals surface area contributed by atoms with Gasteiger partial charge in [-0.2, -0.15) is 0 Å². The number of anilines is 1. The van der Waals surface area contributed by atoms with Crippen LogP contribution >= 0.6 is 15.9 Å². The van der Waals surface area contributed by atoms with E-state index >= 15 is 0 Å². The molecule has 0 aliphatic carbocycles. The second-order valence-electron chi connectivity index (χ2n) is 11.0. The Morgan fingerprint density at radius 3 is 2.72 bits per heavy atom. The predicted octanol–water partition coefficient (Wildman–Crippen LogP) is 6.57. The number of benzene rings is 1. The van der Waals surface area contributed by atoms with E-state index in [0.717, 1.165) is 45.8 Å². The van der Waals surface area contributed by atoms with Gasteiger partial charge in [-0.15, -0.1) is 0 Å². The van der Waals surface area contributed by atoms with E-state index in [2.05, 4.69) is 58.9 Å². The van der Waals surface area contributed by atoms with Gasteiger partial charge in [0.15, 0.2) is 0 Å². The van der Waals surface area contributed by atoms with Crippen molar-refractivity contribution in [2.45, 2.75) is 58.4 Å². The molecule has 3 heterocycles. The zero-order chi connectivity index (χ0) is 25.7. The van der Waals surface area contributed by atoms with Gasteiger partial charge in [0.25, 0.3) is 0 Å². The SMILES string of the molecule is C[C@H]1C[C@@H](Nc2c(Br)cnc3c2ccn3COCC[Si](C)(C)C)CN(C(=O)OCc2ccccc2)C1. The van der Waals surface area contributed by atoms with Gasteiger partial charge < -0.3 is 24.3 Å². The largest absolute Gasteiger partial charge is 0.445 e. The third-order valence-corrected chi connectivity index (χ3v) is 8.75. The third-order valence-electron chi connectivity index (χ3n) is 6.44. The lowest BCUT2D eigenvalue weighted by atomic mass is 9.96. The first-order chi connectivity index (χ1) is 17.2. The summed E-state index contributed by atoms with van der Waals surface area (Å²) in [6.07, 6.45) is 4.57. The maximum absolute atomic E-state index is 12.8.